The molecule has 10 heteroatoms. The fraction of sp³-hybridized carbons (Fsp3) is 0.364. The second-order valence-electron chi connectivity index (χ2n) is 7.66. The molecular weight excluding hydrogens is 475 g/mol. The van der Waals surface area contributed by atoms with Crippen LogP contribution in [0, 0.1) is 6.92 Å². The Morgan fingerprint density at radius 3 is 2.50 bits per heavy atom. The first-order valence-corrected chi connectivity index (χ1v) is 12.3. The van der Waals surface area contributed by atoms with Gasteiger partial charge in [-0.3, -0.25) is 4.79 Å². The number of aryl methyl sites for hydroxylation is 1. The van der Waals surface area contributed by atoms with Crippen molar-refractivity contribution < 1.29 is 22.7 Å². The molecule has 1 N–H and O–H groups in total. The van der Waals surface area contributed by atoms with E-state index in [1.54, 1.807) is 31.2 Å². The summed E-state index contributed by atoms with van der Waals surface area (Å²) in [6.07, 6.45) is 2.58. The van der Waals surface area contributed by atoms with Crippen molar-refractivity contribution in [1.82, 2.24) is 4.31 Å². The quantitative estimate of drug-likeness (QED) is 0.584. The Balaban J connectivity index is 1.72. The monoisotopic (exact) mass is 498 g/mol. The first-order chi connectivity index (χ1) is 15.1. The van der Waals surface area contributed by atoms with E-state index in [1.165, 1.54) is 16.4 Å². The Bertz CT molecular complexity index is 1120. The van der Waals surface area contributed by atoms with Gasteiger partial charge in [-0.25, -0.2) is 13.2 Å². The number of carbonyl (C=O) groups excluding carboxylic acids is 2. The highest BCUT2D eigenvalue weighted by Gasteiger charge is 2.31. The maximum absolute atomic E-state index is 13.1. The molecule has 0 aliphatic carbocycles. The van der Waals surface area contributed by atoms with Crippen LogP contribution in [0.5, 0.6) is 0 Å². The van der Waals surface area contributed by atoms with Crippen LogP contribution in [0.2, 0.25) is 10.0 Å². The van der Waals surface area contributed by atoms with E-state index in [9.17, 15) is 18.0 Å². The van der Waals surface area contributed by atoms with Gasteiger partial charge in [-0.15, -0.1) is 0 Å². The number of carbonyl (C=O) groups is 2. The highest BCUT2D eigenvalue weighted by atomic mass is 35.5. The molecule has 7 nitrogen and oxygen atoms in total. The first kappa shape index (κ1) is 24.5. The van der Waals surface area contributed by atoms with Crippen molar-refractivity contribution >= 4 is 50.8 Å². The molecule has 3 rings (SSSR count). The maximum atomic E-state index is 13.1. The van der Waals surface area contributed by atoms with Crippen molar-refractivity contribution in [2.45, 2.75) is 44.0 Å². The third-order valence-electron chi connectivity index (χ3n) is 5.34. The van der Waals surface area contributed by atoms with Gasteiger partial charge in [0.15, 0.2) is 6.61 Å². The number of sulfonamides is 1. The predicted octanol–water partition coefficient (Wildman–Crippen LogP) is 4.66. The van der Waals surface area contributed by atoms with Crippen molar-refractivity contribution in [2.24, 2.45) is 0 Å². The molecule has 0 spiro atoms. The molecular formula is C22H24Cl2N2O5S. The zero-order chi connectivity index (χ0) is 23.5. The molecule has 1 saturated heterocycles. The highest BCUT2D eigenvalue weighted by Crippen LogP contribution is 2.30. The summed E-state index contributed by atoms with van der Waals surface area (Å²) in [5, 5.41) is 3.00. The number of anilines is 1. The lowest BCUT2D eigenvalue weighted by molar-refractivity contribution is -0.119. The standard InChI is InChI=1S/C22H24Cl2N2O5S/c1-14-9-10-16(32(29,30)26-11-4-3-6-15(26)2)12-17(14)22(28)31-13-20(27)25-21-18(23)7-5-8-19(21)24/h5,7-10,12,15H,3-4,6,11,13H2,1-2H3,(H,25,27). The zero-order valence-corrected chi connectivity index (χ0v) is 20.1. The summed E-state index contributed by atoms with van der Waals surface area (Å²) in [7, 11) is -3.75. The number of hydrogen-bond acceptors (Lipinski definition) is 5. The van der Waals surface area contributed by atoms with Crippen LogP contribution < -0.4 is 5.32 Å². The van der Waals surface area contributed by atoms with Crippen LogP contribution >= 0.6 is 23.2 Å². The van der Waals surface area contributed by atoms with Crippen molar-refractivity contribution in [2.75, 3.05) is 18.5 Å². The van der Waals surface area contributed by atoms with Gasteiger partial charge in [0.05, 0.1) is 26.2 Å². The fourth-order valence-corrected chi connectivity index (χ4v) is 5.77. The molecule has 1 aliphatic heterocycles. The summed E-state index contributed by atoms with van der Waals surface area (Å²) in [4.78, 5) is 24.8. The maximum Gasteiger partial charge on any atom is 0.338 e. The van der Waals surface area contributed by atoms with Gasteiger partial charge in [0, 0.05) is 12.6 Å². The summed E-state index contributed by atoms with van der Waals surface area (Å²) < 4.78 is 32.8. The van der Waals surface area contributed by atoms with Crippen LogP contribution in [-0.4, -0.2) is 43.8 Å². The second-order valence-corrected chi connectivity index (χ2v) is 10.4. The van der Waals surface area contributed by atoms with E-state index in [1.807, 2.05) is 6.92 Å². The first-order valence-electron chi connectivity index (χ1n) is 10.1. The van der Waals surface area contributed by atoms with E-state index in [0.717, 1.165) is 19.3 Å². The van der Waals surface area contributed by atoms with Gasteiger partial charge in [-0.05, 0) is 56.5 Å². The number of esters is 1. The molecule has 1 unspecified atom stereocenters. The fourth-order valence-electron chi connectivity index (χ4n) is 3.55. The number of amides is 1. The number of ether oxygens (including phenoxy) is 1. The number of hydrogen-bond donors (Lipinski definition) is 1. The molecule has 1 amide bonds. The van der Waals surface area contributed by atoms with Gasteiger partial charge in [-0.1, -0.05) is 41.8 Å². The Morgan fingerprint density at radius 1 is 1.16 bits per heavy atom. The summed E-state index contributed by atoms with van der Waals surface area (Å²) in [6, 6.07) is 9.00. The molecule has 2 aromatic carbocycles. The summed E-state index contributed by atoms with van der Waals surface area (Å²) in [5.74, 6) is -1.43. The minimum atomic E-state index is -3.75. The third kappa shape index (κ3) is 5.43. The number of halogens is 2. The minimum absolute atomic E-state index is 0.0242. The summed E-state index contributed by atoms with van der Waals surface area (Å²) >= 11 is 12.0. The smallest absolute Gasteiger partial charge is 0.338 e. The van der Waals surface area contributed by atoms with E-state index in [4.69, 9.17) is 27.9 Å². The van der Waals surface area contributed by atoms with E-state index in [-0.39, 0.29) is 32.2 Å². The largest absolute Gasteiger partial charge is 0.452 e. The van der Waals surface area contributed by atoms with Crippen LogP contribution in [0.25, 0.3) is 0 Å². The average molecular weight is 499 g/mol. The molecule has 0 bridgehead atoms. The van der Waals surface area contributed by atoms with Crippen molar-refractivity contribution in [3.05, 3.63) is 57.6 Å². The highest BCUT2D eigenvalue weighted by molar-refractivity contribution is 7.89. The summed E-state index contributed by atoms with van der Waals surface area (Å²) in [6.45, 7) is 3.41. The molecule has 1 aliphatic rings. The van der Waals surface area contributed by atoms with E-state index >= 15 is 0 Å². The van der Waals surface area contributed by atoms with E-state index in [2.05, 4.69) is 5.32 Å². The number of rotatable bonds is 6. The molecule has 1 atom stereocenters. The predicted molar refractivity (Wildman–Crippen MR) is 124 cm³/mol. The Kier molecular flexibility index (Phi) is 7.82. The van der Waals surface area contributed by atoms with Gasteiger partial charge >= 0.3 is 5.97 Å². The van der Waals surface area contributed by atoms with Crippen molar-refractivity contribution in [3.8, 4) is 0 Å². The molecule has 0 radical (unpaired) electrons. The molecule has 172 valence electrons. The number of para-hydroxylation sites is 1. The zero-order valence-electron chi connectivity index (χ0n) is 17.7. The molecule has 1 heterocycles. The molecule has 1 fully saturated rings. The van der Waals surface area contributed by atoms with Crippen molar-refractivity contribution in [1.29, 1.82) is 0 Å². The van der Waals surface area contributed by atoms with E-state index < -0.39 is 28.5 Å². The third-order valence-corrected chi connectivity index (χ3v) is 7.98. The Labute approximate surface area is 197 Å². The molecule has 0 saturated carbocycles. The lowest BCUT2D eigenvalue weighted by atomic mass is 10.1. The number of nitrogens with one attached hydrogen (secondary N) is 1. The van der Waals surface area contributed by atoms with Crippen LogP contribution in [0.15, 0.2) is 41.3 Å². The van der Waals surface area contributed by atoms with Gasteiger partial charge in [0.2, 0.25) is 10.0 Å². The Hall–Kier alpha value is -2.13. The lowest BCUT2D eigenvalue weighted by Gasteiger charge is -2.32. The minimum Gasteiger partial charge on any atom is -0.452 e. The number of benzene rings is 2. The Morgan fingerprint density at radius 2 is 1.84 bits per heavy atom. The van der Waals surface area contributed by atoms with Gasteiger partial charge in [0.25, 0.3) is 5.91 Å². The molecule has 32 heavy (non-hydrogen) atoms. The average Bonchev–Trinajstić information content (AvgIpc) is 2.75. The second kappa shape index (κ2) is 10.2. The SMILES string of the molecule is Cc1ccc(S(=O)(=O)N2CCCCC2C)cc1C(=O)OCC(=O)Nc1c(Cl)cccc1Cl. The van der Waals surface area contributed by atoms with Gasteiger partial charge in [-0.2, -0.15) is 4.31 Å². The molecule has 0 aromatic heterocycles. The van der Waals surface area contributed by atoms with E-state index in [0.29, 0.717) is 12.1 Å². The van der Waals surface area contributed by atoms with Crippen molar-refractivity contribution in [3.63, 3.8) is 0 Å². The lowest BCUT2D eigenvalue weighted by Crippen LogP contribution is -2.41. The van der Waals surface area contributed by atoms with Crippen LogP contribution in [0.1, 0.15) is 42.1 Å². The van der Waals surface area contributed by atoms with Gasteiger partial charge in [0.1, 0.15) is 0 Å². The van der Waals surface area contributed by atoms with Crippen LogP contribution in [-0.2, 0) is 19.6 Å². The topological polar surface area (TPSA) is 92.8 Å². The normalized spacial score (nSPS) is 17.1. The number of nitrogens with zero attached hydrogens (tertiary/aromatic N) is 1. The van der Waals surface area contributed by atoms with Gasteiger partial charge < -0.3 is 10.1 Å². The van der Waals surface area contributed by atoms with Crippen LogP contribution in [0.3, 0.4) is 0 Å². The van der Waals surface area contributed by atoms with Crippen LogP contribution in [0.4, 0.5) is 5.69 Å². The number of piperidine rings is 1. The molecule has 2 aromatic rings. The summed E-state index contributed by atoms with van der Waals surface area (Å²) in [5.41, 5.74) is 0.839.